The Kier molecular flexibility index (Phi) is 5.11. The summed E-state index contributed by atoms with van der Waals surface area (Å²) in [5, 5.41) is 0. The number of hydrogen-bond acceptors (Lipinski definition) is 3. The maximum absolute atomic E-state index is 10.7. The monoisotopic (exact) mass is 272 g/mol. The van der Waals surface area contributed by atoms with Gasteiger partial charge in [-0.3, -0.25) is 4.90 Å². The van der Waals surface area contributed by atoms with Gasteiger partial charge >= 0.3 is 0 Å². The number of isocyanates is 1. The standard InChI is InChI=1S/C17H24N2O/c1-3-19(4-2)13-15-7-9-16(10-8-15)17(18-14-20)11-5-6-12-17/h7-10H,3-6,11-13H2,1-2H3. The molecule has 1 aliphatic rings. The van der Waals surface area contributed by atoms with Gasteiger partial charge in [-0.1, -0.05) is 51.0 Å². The van der Waals surface area contributed by atoms with Crippen LogP contribution < -0.4 is 0 Å². The van der Waals surface area contributed by atoms with E-state index in [9.17, 15) is 4.79 Å². The number of benzene rings is 1. The summed E-state index contributed by atoms with van der Waals surface area (Å²) < 4.78 is 0. The molecule has 3 nitrogen and oxygen atoms in total. The zero-order valence-electron chi connectivity index (χ0n) is 12.6. The highest BCUT2D eigenvalue weighted by atomic mass is 16.1. The van der Waals surface area contributed by atoms with Crippen LogP contribution in [0.25, 0.3) is 0 Å². The van der Waals surface area contributed by atoms with Crippen LogP contribution >= 0.6 is 0 Å². The molecule has 2 rings (SSSR count). The van der Waals surface area contributed by atoms with E-state index in [-0.39, 0.29) is 5.54 Å². The van der Waals surface area contributed by atoms with Crippen molar-refractivity contribution in [3.63, 3.8) is 0 Å². The largest absolute Gasteiger partial charge is 0.300 e. The first-order chi connectivity index (χ1) is 9.74. The molecule has 1 saturated carbocycles. The molecule has 0 bridgehead atoms. The minimum atomic E-state index is -0.296. The Labute approximate surface area is 121 Å². The van der Waals surface area contributed by atoms with Crippen LogP contribution in [0.15, 0.2) is 29.3 Å². The minimum absolute atomic E-state index is 0.296. The molecule has 1 aliphatic carbocycles. The van der Waals surface area contributed by atoms with Gasteiger partial charge < -0.3 is 0 Å². The smallest absolute Gasteiger partial charge is 0.235 e. The van der Waals surface area contributed by atoms with Gasteiger partial charge in [0.05, 0.1) is 5.54 Å². The van der Waals surface area contributed by atoms with Crippen molar-refractivity contribution < 1.29 is 4.79 Å². The molecule has 0 amide bonds. The lowest BCUT2D eigenvalue weighted by Gasteiger charge is -2.23. The second-order valence-electron chi connectivity index (χ2n) is 5.60. The first-order valence-corrected chi connectivity index (χ1v) is 7.65. The quantitative estimate of drug-likeness (QED) is 0.585. The fourth-order valence-corrected chi connectivity index (χ4v) is 3.14. The lowest BCUT2D eigenvalue weighted by atomic mass is 9.88. The third-order valence-electron chi connectivity index (χ3n) is 4.48. The summed E-state index contributed by atoms with van der Waals surface area (Å²) in [6.45, 7) is 7.49. The highest BCUT2D eigenvalue weighted by Crippen LogP contribution is 2.42. The van der Waals surface area contributed by atoms with E-state index >= 15 is 0 Å². The van der Waals surface area contributed by atoms with Crippen LogP contribution in [0.2, 0.25) is 0 Å². The zero-order chi connectivity index (χ0) is 14.4. The predicted octanol–water partition coefficient (Wildman–Crippen LogP) is 3.63. The molecule has 3 heteroatoms. The molecule has 1 aromatic rings. The van der Waals surface area contributed by atoms with Crippen LogP contribution in [0.5, 0.6) is 0 Å². The van der Waals surface area contributed by atoms with Crippen molar-refractivity contribution in [1.29, 1.82) is 0 Å². The summed E-state index contributed by atoms with van der Waals surface area (Å²) in [6.07, 6.45) is 6.01. The first-order valence-electron chi connectivity index (χ1n) is 7.65. The van der Waals surface area contributed by atoms with Crippen LogP contribution in [0.1, 0.15) is 50.7 Å². The second-order valence-corrected chi connectivity index (χ2v) is 5.60. The molecule has 1 fully saturated rings. The Morgan fingerprint density at radius 3 is 2.25 bits per heavy atom. The summed E-state index contributed by atoms with van der Waals surface area (Å²) >= 11 is 0. The summed E-state index contributed by atoms with van der Waals surface area (Å²) in [4.78, 5) is 17.3. The molecule has 0 heterocycles. The SMILES string of the molecule is CCN(CC)Cc1ccc(C2(N=C=O)CCCC2)cc1. The molecule has 108 valence electrons. The molecule has 0 aromatic heterocycles. The van der Waals surface area contributed by atoms with Gasteiger partial charge in [0.25, 0.3) is 0 Å². The van der Waals surface area contributed by atoms with Crippen molar-refractivity contribution >= 4 is 6.08 Å². The summed E-state index contributed by atoms with van der Waals surface area (Å²) in [5.41, 5.74) is 2.19. The maximum Gasteiger partial charge on any atom is 0.235 e. The third-order valence-corrected chi connectivity index (χ3v) is 4.48. The van der Waals surface area contributed by atoms with Crippen molar-refractivity contribution in [3.8, 4) is 0 Å². The van der Waals surface area contributed by atoms with E-state index in [4.69, 9.17) is 0 Å². The number of nitrogens with zero attached hydrogens (tertiary/aromatic N) is 2. The Bertz CT molecular complexity index is 464. The van der Waals surface area contributed by atoms with Gasteiger partial charge in [-0.15, -0.1) is 0 Å². The molecule has 0 aliphatic heterocycles. The molecule has 0 unspecified atom stereocenters. The number of aliphatic imine (C=N–C) groups is 1. The number of hydrogen-bond donors (Lipinski definition) is 0. The molecule has 1 aromatic carbocycles. The number of carbonyl (C=O) groups excluding carboxylic acids is 1. The molecule has 0 saturated heterocycles. The van der Waals surface area contributed by atoms with Crippen LogP contribution in [0.3, 0.4) is 0 Å². The molecule has 0 spiro atoms. The predicted molar refractivity (Wildman–Crippen MR) is 81.3 cm³/mol. The molecular formula is C17H24N2O. The van der Waals surface area contributed by atoms with E-state index in [0.717, 1.165) is 45.3 Å². The fraction of sp³-hybridized carbons (Fsp3) is 0.588. The van der Waals surface area contributed by atoms with Crippen LogP contribution in [-0.2, 0) is 16.9 Å². The highest BCUT2D eigenvalue weighted by Gasteiger charge is 2.35. The van der Waals surface area contributed by atoms with Gasteiger partial charge in [-0.25, -0.2) is 4.79 Å². The van der Waals surface area contributed by atoms with E-state index in [1.165, 1.54) is 11.1 Å². The van der Waals surface area contributed by atoms with E-state index in [1.807, 2.05) is 0 Å². The van der Waals surface area contributed by atoms with E-state index in [2.05, 4.69) is 48.0 Å². The van der Waals surface area contributed by atoms with Gasteiger partial charge in [-0.2, -0.15) is 4.99 Å². The second kappa shape index (κ2) is 6.83. The van der Waals surface area contributed by atoms with E-state index in [1.54, 1.807) is 6.08 Å². The van der Waals surface area contributed by atoms with Crippen molar-refractivity contribution in [2.24, 2.45) is 4.99 Å². The van der Waals surface area contributed by atoms with Gasteiger partial charge in [0.2, 0.25) is 6.08 Å². The van der Waals surface area contributed by atoms with Gasteiger partial charge in [0.15, 0.2) is 0 Å². The average Bonchev–Trinajstić information content (AvgIpc) is 2.95. The molecule has 0 radical (unpaired) electrons. The lowest BCUT2D eigenvalue weighted by Crippen LogP contribution is -2.22. The Hall–Kier alpha value is -1.44. The third kappa shape index (κ3) is 3.17. The average molecular weight is 272 g/mol. The van der Waals surface area contributed by atoms with Crippen LogP contribution in [-0.4, -0.2) is 24.1 Å². The lowest BCUT2D eigenvalue weighted by molar-refractivity contribution is 0.296. The fourth-order valence-electron chi connectivity index (χ4n) is 3.14. The van der Waals surface area contributed by atoms with E-state index < -0.39 is 0 Å². The molecular weight excluding hydrogens is 248 g/mol. The Balaban J connectivity index is 2.16. The van der Waals surface area contributed by atoms with Crippen LogP contribution in [0, 0.1) is 0 Å². The number of rotatable bonds is 6. The minimum Gasteiger partial charge on any atom is -0.300 e. The van der Waals surface area contributed by atoms with Crippen molar-refractivity contribution in [3.05, 3.63) is 35.4 Å². The van der Waals surface area contributed by atoms with Gasteiger partial charge in [0, 0.05) is 6.54 Å². The first kappa shape index (κ1) is 15.0. The molecule has 20 heavy (non-hydrogen) atoms. The van der Waals surface area contributed by atoms with Crippen molar-refractivity contribution in [1.82, 2.24) is 4.90 Å². The maximum atomic E-state index is 10.7. The molecule has 0 atom stereocenters. The normalized spacial score (nSPS) is 17.1. The summed E-state index contributed by atoms with van der Waals surface area (Å²) in [7, 11) is 0. The summed E-state index contributed by atoms with van der Waals surface area (Å²) in [6, 6.07) is 8.64. The topological polar surface area (TPSA) is 32.7 Å². The Morgan fingerprint density at radius 1 is 1.15 bits per heavy atom. The van der Waals surface area contributed by atoms with Crippen molar-refractivity contribution in [2.75, 3.05) is 13.1 Å². The Morgan fingerprint density at radius 2 is 1.75 bits per heavy atom. The van der Waals surface area contributed by atoms with Gasteiger partial charge in [-0.05, 0) is 37.1 Å². The zero-order valence-corrected chi connectivity index (χ0v) is 12.6. The molecule has 0 N–H and O–H groups in total. The van der Waals surface area contributed by atoms with Gasteiger partial charge in [0.1, 0.15) is 0 Å². The summed E-state index contributed by atoms with van der Waals surface area (Å²) in [5.74, 6) is 0. The van der Waals surface area contributed by atoms with Crippen molar-refractivity contribution in [2.45, 2.75) is 51.6 Å². The van der Waals surface area contributed by atoms with E-state index in [0.29, 0.717) is 0 Å². The highest BCUT2D eigenvalue weighted by molar-refractivity contribution is 5.39. The van der Waals surface area contributed by atoms with Crippen LogP contribution in [0.4, 0.5) is 0 Å².